The number of likely N-dealkylation sites (tertiary alicyclic amines) is 1. The van der Waals surface area contributed by atoms with E-state index in [0.29, 0.717) is 18.6 Å². The van der Waals surface area contributed by atoms with Crippen LogP contribution >= 0.6 is 11.6 Å². The molecule has 3 aliphatic rings. The number of nitrogens with zero attached hydrogens (tertiary/aromatic N) is 1. The van der Waals surface area contributed by atoms with Crippen LogP contribution in [0, 0.1) is 35.2 Å². The number of ether oxygens (including phenoxy) is 1. The van der Waals surface area contributed by atoms with Crippen LogP contribution in [0.1, 0.15) is 43.0 Å². The second-order valence-corrected chi connectivity index (χ2v) is 14.7. The molecule has 5 rings (SSSR count). The van der Waals surface area contributed by atoms with Crippen LogP contribution in [0.2, 0.25) is 5.02 Å². The fourth-order valence-electron chi connectivity index (χ4n) is 7.03. The Balaban J connectivity index is 1.31. The lowest BCUT2D eigenvalue weighted by molar-refractivity contribution is -0.128. The maximum absolute atomic E-state index is 13.9. The summed E-state index contributed by atoms with van der Waals surface area (Å²) in [7, 11) is -3.06. The van der Waals surface area contributed by atoms with E-state index >= 15 is 0 Å². The Kier molecular flexibility index (Phi) is 9.14. The maximum atomic E-state index is 13.9. The van der Waals surface area contributed by atoms with Gasteiger partial charge in [0.2, 0.25) is 5.91 Å². The lowest BCUT2D eigenvalue weighted by Crippen LogP contribution is -2.57. The summed E-state index contributed by atoms with van der Waals surface area (Å²) in [6, 6.07) is 3.53. The number of carbonyl (C=O) groups is 4. The summed E-state index contributed by atoms with van der Waals surface area (Å²) in [5.41, 5.74) is -2.04. The molecule has 11 nitrogen and oxygen atoms in total. The molecule has 2 aromatic carbocycles. The predicted molar refractivity (Wildman–Crippen MR) is 157 cm³/mol. The fourth-order valence-corrected chi connectivity index (χ4v) is 9.41. The van der Waals surface area contributed by atoms with Gasteiger partial charge in [-0.1, -0.05) is 18.5 Å². The zero-order valence-electron chi connectivity index (χ0n) is 24.7. The molecule has 16 heteroatoms. The number of sulfone groups is 1. The summed E-state index contributed by atoms with van der Waals surface area (Å²) in [5.74, 6) is -7.84. The number of aliphatic hydroxyl groups is 1. The van der Waals surface area contributed by atoms with Crippen LogP contribution in [-0.4, -0.2) is 79.2 Å². The molecule has 1 aliphatic heterocycles. The molecule has 2 aromatic rings. The zero-order chi connectivity index (χ0) is 33.7. The molecule has 248 valence electrons. The van der Waals surface area contributed by atoms with Crippen molar-refractivity contribution in [2.45, 2.75) is 54.4 Å². The number of Topliss-reactive ketones (excluding diaryl/α,β-unsaturated/α-hetero) is 1. The average molecular weight is 686 g/mol. The highest BCUT2D eigenvalue weighted by Crippen LogP contribution is 2.54. The summed E-state index contributed by atoms with van der Waals surface area (Å²) in [6.45, 7) is 1.38. The summed E-state index contributed by atoms with van der Waals surface area (Å²) in [6.07, 6.45) is -0.517. The van der Waals surface area contributed by atoms with Gasteiger partial charge in [0.1, 0.15) is 6.04 Å². The van der Waals surface area contributed by atoms with Gasteiger partial charge in [-0.3, -0.25) is 19.3 Å². The van der Waals surface area contributed by atoms with E-state index in [0.717, 1.165) is 18.1 Å². The zero-order valence-corrected chi connectivity index (χ0v) is 26.3. The standard InChI is InChI=1S/C30H31ClF3N3O8S/c1-14-5-16-7-19(11-20(14)30(16,42)13-35-28(40)24-10-18(38)12-37(24)29(41)45-2)46(43,44)25-6-15(3-4-21(25)31)27(39)36-17-8-22(32)26(34)23(33)9-17/h3-4,6,8-9,14,16,19-20,24,42H,5,7,10-13H2,1-2H3,(H,35,40)(H,36,39)/t14-,16?,19+,20+,24-,30+/m0/s1. The molecule has 3 N–H and O–H groups in total. The number of hydrogen-bond donors (Lipinski definition) is 3. The van der Waals surface area contributed by atoms with Crippen molar-refractivity contribution >= 4 is 50.8 Å². The first-order valence-corrected chi connectivity index (χ1v) is 16.3. The summed E-state index contributed by atoms with van der Waals surface area (Å²) < 4.78 is 73.0. The number of carbonyl (C=O) groups excluding carboxylic acids is 4. The largest absolute Gasteiger partial charge is 0.453 e. The van der Waals surface area contributed by atoms with Gasteiger partial charge in [0.25, 0.3) is 5.91 Å². The SMILES string of the molecule is COC(=O)N1CC(=O)C[C@H]1C(=O)NC[C@@]1(O)C2C[C@@H](S(=O)(=O)c3cc(C(=O)Nc4cc(F)c(F)c(F)c4)ccc3Cl)C[C@@H]1[C@@H](C)C2. The monoisotopic (exact) mass is 685 g/mol. The van der Waals surface area contributed by atoms with Crippen LogP contribution in [0.15, 0.2) is 35.2 Å². The molecule has 0 aromatic heterocycles. The predicted octanol–water partition coefficient (Wildman–Crippen LogP) is 3.48. The van der Waals surface area contributed by atoms with Crippen LogP contribution in [0.4, 0.5) is 23.7 Å². The minimum absolute atomic E-state index is 0.0173. The fraction of sp³-hybridized carbons (Fsp3) is 0.467. The highest BCUT2D eigenvalue weighted by atomic mass is 35.5. The van der Waals surface area contributed by atoms with E-state index in [1.54, 1.807) is 0 Å². The number of fused-ring (bicyclic) bond motifs is 2. The molecule has 0 spiro atoms. The molecule has 0 radical (unpaired) electrons. The number of halogens is 4. The van der Waals surface area contributed by atoms with E-state index in [1.165, 1.54) is 12.1 Å². The smallest absolute Gasteiger partial charge is 0.410 e. The Morgan fingerprint density at radius 1 is 1.11 bits per heavy atom. The van der Waals surface area contributed by atoms with Gasteiger partial charge in [0.05, 0.1) is 34.4 Å². The normalized spacial score (nSPS) is 27.4. The number of amides is 3. The van der Waals surface area contributed by atoms with Gasteiger partial charge >= 0.3 is 6.09 Å². The van der Waals surface area contributed by atoms with Crippen molar-refractivity contribution in [1.82, 2.24) is 10.2 Å². The molecule has 46 heavy (non-hydrogen) atoms. The molecule has 2 saturated carbocycles. The number of methoxy groups -OCH3 is 1. The van der Waals surface area contributed by atoms with Gasteiger partial charge < -0.3 is 20.5 Å². The quantitative estimate of drug-likeness (QED) is 0.374. The van der Waals surface area contributed by atoms with Gasteiger partial charge in [-0.05, 0) is 55.2 Å². The van der Waals surface area contributed by atoms with Gasteiger partial charge in [-0.15, -0.1) is 0 Å². The number of hydrogen-bond acceptors (Lipinski definition) is 8. The number of nitrogens with one attached hydrogen (secondary N) is 2. The van der Waals surface area contributed by atoms with Crippen LogP contribution < -0.4 is 10.6 Å². The van der Waals surface area contributed by atoms with Crippen molar-refractivity contribution in [3.05, 3.63) is 58.4 Å². The van der Waals surface area contributed by atoms with Crippen molar-refractivity contribution in [3.63, 3.8) is 0 Å². The highest BCUT2D eigenvalue weighted by molar-refractivity contribution is 7.92. The maximum Gasteiger partial charge on any atom is 0.410 e. The topological polar surface area (TPSA) is 159 Å². The van der Waals surface area contributed by atoms with Crippen LogP contribution in [0.5, 0.6) is 0 Å². The Bertz CT molecular complexity index is 1700. The molecule has 1 heterocycles. The minimum atomic E-state index is -4.19. The van der Waals surface area contributed by atoms with E-state index < -0.39 is 73.9 Å². The Morgan fingerprint density at radius 3 is 2.41 bits per heavy atom. The van der Waals surface area contributed by atoms with E-state index in [2.05, 4.69) is 15.4 Å². The van der Waals surface area contributed by atoms with Crippen molar-refractivity contribution in [3.8, 4) is 0 Å². The molecule has 2 aliphatic carbocycles. The molecule has 6 atom stereocenters. The second-order valence-electron chi connectivity index (χ2n) is 12.1. The summed E-state index contributed by atoms with van der Waals surface area (Å²) in [4.78, 5) is 50.5. The third-order valence-corrected chi connectivity index (χ3v) is 12.0. The third kappa shape index (κ3) is 6.07. The molecule has 1 saturated heterocycles. The van der Waals surface area contributed by atoms with E-state index in [9.17, 15) is 45.9 Å². The lowest BCUT2D eigenvalue weighted by atomic mass is 9.73. The first-order valence-electron chi connectivity index (χ1n) is 14.4. The highest BCUT2D eigenvalue weighted by Gasteiger charge is 2.58. The Labute approximate surface area is 267 Å². The molecule has 3 fully saturated rings. The van der Waals surface area contributed by atoms with E-state index in [-0.39, 0.29) is 65.2 Å². The first kappa shape index (κ1) is 33.7. The molecule has 3 amide bonds. The van der Waals surface area contributed by atoms with Gasteiger partial charge in [-0.25, -0.2) is 26.4 Å². The van der Waals surface area contributed by atoms with Crippen molar-refractivity contribution in [2.24, 2.45) is 17.8 Å². The lowest BCUT2D eigenvalue weighted by Gasteiger charge is -2.43. The number of anilines is 1. The van der Waals surface area contributed by atoms with Crippen LogP contribution in [0.25, 0.3) is 0 Å². The van der Waals surface area contributed by atoms with Crippen LogP contribution in [0.3, 0.4) is 0 Å². The first-order chi connectivity index (χ1) is 21.6. The number of benzene rings is 2. The Morgan fingerprint density at radius 2 is 1.78 bits per heavy atom. The summed E-state index contributed by atoms with van der Waals surface area (Å²) in [5, 5.41) is 15.5. The van der Waals surface area contributed by atoms with Crippen molar-refractivity contribution < 1.29 is 50.6 Å². The number of ketones is 1. The van der Waals surface area contributed by atoms with Gasteiger partial charge in [0.15, 0.2) is 33.1 Å². The van der Waals surface area contributed by atoms with E-state index in [4.69, 9.17) is 11.6 Å². The molecule has 2 bridgehead atoms. The number of rotatable bonds is 7. The van der Waals surface area contributed by atoms with Gasteiger partial charge in [-0.2, -0.15) is 0 Å². The average Bonchev–Trinajstić information content (AvgIpc) is 3.42. The third-order valence-electron chi connectivity index (χ3n) is 9.34. The van der Waals surface area contributed by atoms with Crippen LogP contribution in [-0.2, 0) is 24.2 Å². The van der Waals surface area contributed by atoms with E-state index in [1.807, 2.05) is 6.92 Å². The molecular formula is C30H31ClF3N3O8S. The minimum Gasteiger partial charge on any atom is -0.453 e. The summed E-state index contributed by atoms with van der Waals surface area (Å²) >= 11 is 6.29. The molecular weight excluding hydrogens is 655 g/mol. The van der Waals surface area contributed by atoms with Crippen molar-refractivity contribution in [1.29, 1.82) is 0 Å². The van der Waals surface area contributed by atoms with Gasteiger partial charge in [0, 0.05) is 36.3 Å². The van der Waals surface area contributed by atoms with Crippen molar-refractivity contribution in [2.75, 3.05) is 25.5 Å². The molecule has 1 unspecified atom stereocenters. The second kappa shape index (κ2) is 12.5. The Hall–Kier alpha value is -3.69.